The van der Waals surface area contributed by atoms with Gasteiger partial charge in [-0.2, -0.15) is 5.26 Å². The van der Waals surface area contributed by atoms with Gasteiger partial charge in [-0.05, 0) is 48.6 Å². The van der Waals surface area contributed by atoms with Crippen LogP contribution in [0.2, 0.25) is 0 Å². The lowest BCUT2D eigenvalue weighted by atomic mass is 10.1. The first-order valence-corrected chi connectivity index (χ1v) is 11.6. The van der Waals surface area contributed by atoms with Gasteiger partial charge in [-0.25, -0.2) is 22.6 Å². The number of carbonyl (C=O) groups is 1. The molecule has 1 fully saturated rings. The van der Waals surface area contributed by atoms with E-state index in [1.165, 1.54) is 36.1 Å². The lowest BCUT2D eigenvalue weighted by molar-refractivity contribution is 0.0600. The van der Waals surface area contributed by atoms with Gasteiger partial charge in [-0.1, -0.05) is 6.07 Å². The summed E-state index contributed by atoms with van der Waals surface area (Å²) in [5, 5.41) is 10.8. The van der Waals surface area contributed by atoms with Crippen molar-refractivity contribution in [2.24, 2.45) is 0 Å². The van der Waals surface area contributed by atoms with Crippen LogP contribution in [0.25, 0.3) is 11.3 Å². The second-order valence-corrected chi connectivity index (χ2v) is 9.36. The molecule has 1 aliphatic rings. The number of benzene rings is 2. The van der Waals surface area contributed by atoms with Gasteiger partial charge >= 0.3 is 5.97 Å². The number of methoxy groups -OCH3 is 1. The maximum absolute atomic E-state index is 14.3. The van der Waals surface area contributed by atoms with Gasteiger partial charge in [0.05, 0.1) is 40.0 Å². The Labute approximate surface area is 182 Å². The van der Waals surface area contributed by atoms with E-state index in [0.717, 1.165) is 25.0 Å². The summed E-state index contributed by atoms with van der Waals surface area (Å²) in [6.07, 6.45) is 1.69. The maximum atomic E-state index is 14.3. The summed E-state index contributed by atoms with van der Waals surface area (Å²) in [6.45, 7) is 0. The number of sulfonamides is 1. The molecule has 0 radical (unpaired) electrons. The SMILES string of the molecule is COC(=O)c1ccc(C2CC2)c(S(=O)(=O)Nc2cc(C#N)c(F)cc2-c2cscn2)c1. The summed E-state index contributed by atoms with van der Waals surface area (Å²) in [5.41, 5.74) is 2.53. The summed E-state index contributed by atoms with van der Waals surface area (Å²) >= 11 is 1.27. The van der Waals surface area contributed by atoms with Gasteiger partial charge in [0.2, 0.25) is 0 Å². The molecule has 31 heavy (non-hydrogen) atoms. The maximum Gasteiger partial charge on any atom is 0.337 e. The molecule has 0 saturated heterocycles. The summed E-state index contributed by atoms with van der Waals surface area (Å²) in [5.74, 6) is -1.35. The Bertz CT molecular complexity index is 1310. The predicted octanol–water partition coefficient (Wildman–Crippen LogP) is 4.29. The fourth-order valence-corrected chi connectivity index (χ4v) is 5.19. The first-order valence-electron chi connectivity index (χ1n) is 9.21. The number of nitrogens with one attached hydrogen (secondary N) is 1. The third-order valence-corrected chi connectivity index (χ3v) is 6.93. The topological polar surface area (TPSA) is 109 Å². The highest BCUT2D eigenvalue weighted by atomic mass is 32.2. The van der Waals surface area contributed by atoms with Crippen LogP contribution in [-0.2, 0) is 14.8 Å². The van der Waals surface area contributed by atoms with Crippen LogP contribution in [-0.4, -0.2) is 26.5 Å². The Morgan fingerprint density at radius 2 is 2.10 bits per heavy atom. The number of anilines is 1. The summed E-state index contributed by atoms with van der Waals surface area (Å²) in [6, 6.07) is 8.36. The minimum Gasteiger partial charge on any atom is -0.465 e. The zero-order valence-corrected chi connectivity index (χ0v) is 17.9. The van der Waals surface area contributed by atoms with E-state index >= 15 is 0 Å². The van der Waals surface area contributed by atoms with E-state index < -0.39 is 21.8 Å². The summed E-state index contributed by atoms with van der Waals surface area (Å²) in [7, 11) is -2.96. The van der Waals surface area contributed by atoms with Crippen LogP contribution >= 0.6 is 11.3 Å². The van der Waals surface area contributed by atoms with Crippen molar-refractivity contribution in [3.63, 3.8) is 0 Å². The molecule has 0 aliphatic heterocycles. The van der Waals surface area contributed by atoms with E-state index in [2.05, 4.69) is 9.71 Å². The van der Waals surface area contributed by atoms with Gasteiger partial charge in [0.1, 0.15) is 11.9 Å². The van der Waals surface area contributed by atoms with E-state index in [0.29, 0.717) is 11.3 Å². The normalized spacial score (nSPS) is 13.5. The minimum atomic E-state index is -4.18. The lowest BCUT2D eigenvalue weighted by Gasteiger charge is -2.16. The Morgan fingerprint density at radius 1 is 1.32 bits per heavy atom. The number of thiazole rings is 1. The number of rotatable bonds is 6. The third kappa shape index (κ3) is 4.15. The molecule has 1 N–H and O–H groups in total. The van der Waals surface area contributed by atoms with Crippen LogP contribution in [0.3, 0.4) is 0 Å². The molecular weight excluding hydrogens is 441 g/mol. The van der Waals surface area contributed by atoms with Crippen molar-refractivity contribution >= 4 is 33.0 Å². The van der Waals surface area contributed by atoms with Crippen LogP contribution in [0.15, 0.2) is 46.1 Å². The molecule has 3 aromatic rings. The fraction of sp³-hybridized carbons (Fsp3) is 0.190. The molecule has 0 atom stereocenters. The molecule has 0 amide bonds. The Morgan fingerprint density at radius 3 is 2.71 bits per heavy atom. The van der Waals surface area contributed by atoms with E-state index in [1.807, 2.05) is 0 Å². The molecule has 1 aromatic heterocycles. The van der Waals surface area contributed by atoms with Gasteiger partial charge in [-0.15, -0.1) is 11.3 Å². The minimum absolute atomic E-state index is 0.0223. The molecule has 2 aromatic carbocycles. The zero-order chi connectivity index (χ0) is 22.2. The van der Waals surface area contributed by atoms with Crippen molar-refractivity contribution in [2.45, 2.75) is 23.7 Å². The number of carbonyl (C=O) groups excluding carboxylic acids is 1. The average molecular weight is 458 g/mol. The number of nitrogens with zero attached hydrogens (tertiary/aromatic N) is 2. The number of aromatic nitrogens is 1. The van der Waals surface area contributed by atoms with Gasteiger partial charge in [0.25, 0.3) is 10.0 Å². The van der Waals surface area contributed by atoms with E-state index in [9.17, 15) is 22.9 Å². The van der Waals surface area contributed by atoms with Crippen molar-refractivity contribution in [1.29, 1.82) is 5.26 Å². The molecule has 0 unspecified atom stereocenters. The molecule has 0 spiro atoms. The largest absolute Gasteiger partial charge is 0.465 e. The van der Waals surface area contributed by atoms with Crippen molar-refractivity contribution in [3.8, 4) is 17.3 Å². The molecule has 1 aliphatic carbocycles. The van der Waals surface area contributed by atoms with E-state index in [-0.39, 0.29) is 33.2 Å². The molecule has 0 bridgehead atoms. The van der Waals surface area contributed by atoms with Crippen LogP contribution in [0.1, 0.15) is 40.2 Å². The van der Waals surface area contributed by atoms with Crippen LogP contribution in [0, 0.1) is 17.1 Å². The molecule has 1 saturated carbocycles. The summed E-state index contributed by atoms with van der Waals surface area (Å²) < 4.78 is 48.2. The number of hydrogen-bond donors (Lipinski definition) is 1. The number of esters is 1. The van der Waals surface area contributed by atoms with Crippen molar-refractivity contribution in [2.75, 3.05) is 11.8 Å². The van der Waals surface area contributed by atoms with E-state index in [4.69, 9.17) is 4.74 Å². The molecule has 4 rings (SSSR count). The highest BCUT2D eigenvalue weighted by Gasteiger charge is 2.32. The molecule has 7 nitrogen and oxygen atoms in total. The number of hydrogen-bond acceptors (Lipinski definition) is 7. The quantitative estimate of drug-likeness (QED) is 0.553. The monoisotopic (exact) mass is 457 g/mol. The van der Waals surface area contributed by atoms with E-state index in [1.54, 1.807) is 17.5 Å². The van der Waals surface area contributed by atoms with Crippen LogP contribution < -0.4 is 4.72 Å². The predicted molar refractivity (Wildman–Crippen MR) is 113 cm³/mol. The molecule has 1 heterocycles. The number of nitriles is 1. The first kappa shape index (κ1) is 21.0. The standard InChI is InChI=1S/C21H16FN3O4S2/c1-29-21(26)13-4-5-15(12-2-3-12)20(7-13)31(27,28)25-18-6-14(9-23)17(22)8-16(18)19-10-30-11-24-19/h4-8,10-12,25H,2-3H2,1H3. The Kier molecular flexibility index (Phi) is 5.47. The lowest BCUT2D eigenvalue weighted by Crippen LogP contribution is -2.17. The van der Waals surface area contributed by atoms with Gasteiger partial charge in [0.15, 0.2) is 0 Å². The van der Waals surface area contributed by atoms with Crippen molar-refractivity contribution in [3.05, 3.63) is 63.7 Å². The van der Waals surface area contributed by atoms with Crippen molar-refractivity contribution in [1.82, 2.24) is 4.98 Å². The average Bonchev–Trinajstić information content (AvgIpc) is 3.47. The highest BCUT2D eigenvalue weighted by Crippen LogP contribution is 2.43. The first-order chi connectivity index (χ1) is 14.8. The smallest absolute Gasteiger partial charge is 0.337 e. The van der Waals surface area contributed by atoms with Crippen molar-refractivity contribution < 1.29 is 22.3 Å². The highest BCUT2D eigenvalue weighted by molar-refractivity contribution is 7.92. The van der Waals surface area contributed by atoms with Crippen LogP contribution in [0.4, 0.5) is 10.1 Å². The van der Waals surface area contributed by atoms with Crippen LogP contribution in [0.5, 0.6) is 0 Å². The third-order valence-electron chi connectivity index (χ3n) is 4.92. The molecular formula is C21H16FN3O4S2. The summed E-state index contributed by atoms with van der Waals surface area (Å²) in [4.78, 5) is 16.0. The second-order valence-electron chi connectivity index (χ2n) is 6.99. The Hall–Kier alpha value is -3.29. The Balaban J connectivity index is 1.83. The van der Waals surface area contributed by atoms with Gasteiger partial charge in [-0.3, -0.25) is 4.72 Å². The number of ether oxygens (including phenoxy) is 1. The molecule has 158 valence electrons. The fourth-order valence-electron chi connectivity index (χ4n) is 3.24. The van der Waals surface area contributed by atoms with Gasteiger partial charge in [0, 0.05) is 10.9 Å². The zero-order valence-electron chi connectivity index (χ0n) is 16.3. The molecule has 10 heteroatoms. The second kappa shape index (κ2) is 8.09. The number of halogens is 1. The van der Waals surface area contributed by atoms with Gasteiger partial charge < -0.3 is 4.74 Å².